The second-order valence-corrected chi connectivity index (χ2v) is 20.9. The average Bonchev–Trinajstić information content (AvgIpc) is 4.31. The number of Topliss-reactive ketones (excluding diaryl/α,β-unsaturated/α-hetero) is 2. The van der Waals surface area contributed by atoms with Crippen molar-refractivity contribution >= 4 is 75.9 Å². The first kappa shape index (κ1) is 57.2. The Hall–Kier alpha value is -7.94. The Bertz CT molecular complexity index is 3190. The Morgan fingerprint density at radius 3 is 1.05 bits per heavy atom. The van der Waals surface area contributed by atoms with Crippen LogP contribution in [-0.4, -0.2) is 80.9 Å². The van der Waals surface area contributed by atoms with Crippen LogP contribution in [0.1, 0.15) is 154 Å². The third kappa shape index (κ3) is 10.7. The first-order valence-electron chi connectivity index (χ1n) is 28.0. The number of aryl methyl sites for hydroxylation is 8. The number of benzene rings is 4. The Labute approximate surface area is 462 Å². The van der Waals surface area contributed by atoms with Gasteiger partial charge in [-0.1, -0.05) is 104 Å². The monoisotopic (exact) mass is 1070 g/mol. The standard InChI is InChI=1S/C64H71N5O10/c1-11-42-25-38(23-39-27-44(13-3)60(45(14-4)28-39)65-55(73)19-20-56(65)74)26-43(12-2)50(42)33-51-54(72)34-52(63(51)78)68(36(9)70)69(37(10)71)53-35-59(77)67(64(53)79)62-48(17-7)31-41(32-49(62)18-8)24-40-29-46(15-5)61(47(16-6)30-40)66-57(75)21-22-58(66)76/h19-22,25-32,51-53H,11-18,23-24,33-35H2,1-10H3. The zero-order chi connectivity index (χ0) is 57.3. The lowest BCUT2D eigenvalue weighted by molar-refractivity contribution is -0.175. The molecule has 8 rings (SSSR count). The van der Waals surface area contributed by atoms with E-state index in [9.17, 15) is 47.9 Å². The summed E-state index contributed by atoms with van der Waals surface area (Å²) in [6.45, 7) is 18.2. The van der Waals surface area contributed by atoms with E-state index in [0.29, 0.717) is 81.3 Å². The molecule has 4 aliphatic rings. The van der Waals surface area contributed by atoms with Crippen LogP contribution in [0.5, 0.6) is 0 Å². The molecule has 4 aromatic rings. The maximum Gasteiger partial charge on any atom is 0.259 e. The maximum absolute atomic E-state index is 14.9. The van der Waals surface area contributed by atoms with E-state index in [1.807, 2.05) is 91.8 Å². The summed E-state index contributed by atoms with van der Waals surface area (Å²) in [4.78, 5) is 140. The SMILES string of the molecule is CCc1cc(Cc2cc(CC)c(N3C(=O)C=CC3=O)c(CC)c2)cc(CC)c1CC1C(=O)CC(N(C(C)=O)N(C(C)=O)C2CC(=O)N(c3c(CC)cc(Cc4cc(CC)c(N5C(=O)C=CC5=O)c(CC)c4)cc3CC)C2=O)C1=O. The Morgan fingerprint density at radius 2 is 0.734 bits per heavy atom. The van der Waals surface area contributed by atoms with E-state index in [1.165, 1.54) is 48.0 Å². The molecule has 3 unspecified atom stereocenters. The van der Waals surface area contributed by atoms with Gasteiger partial charge in [0, 0.05) is 44.6 Å². The highest BCUT2D eigenvalue weighted by atomic mass is 16.2. The van der Waals surface area contributed by atoms with Crippen molar-refractivity contribution in [1.29, 1.82) is 0 Å². The molecule has 8 amide bonds. The molecule has 1 aliphatic carbocycles. The van der Waals surface area contributed by atoms with Crippen molar-refractivity contribution in [2.45, 2.75) is 165 Å². The fraction of sp³-hybridized carbons (Fsp3) is 0.406. The van der Waals surface area contributed by atoms with Crippen LogP contribution < -0.4 is 14.7 Å². The first-order chi connectivity index (χ1) is 37.8. The molecule has 3 heterocycles. The van der Waals surface area contributed by atoms with E-state index in [-0.39, 0.29) is 42.3 Å². The number of carbonyl (C=O) groups is 10. The van der Waals surface area contributed by atoms with Crippen LogP contribution in [0.2, 0.25) is 0 Å². The largest absolute Gasteiger partial charge is 0.299 e. The van der Waals surface area contributed by atoms with Crippen molar-refractivity contribution in [1.82, 2.24) is 10.0 Å². The zero-order valence-corrected chi connectivity index (χ0v) is 47.2. The van der Waals surface area contributed by atoms with Gasteiger partial charge in [-0.25, -0.2) is 24.7 Å². The highest BCUT2D eigenvalue weighted by Crippen LogP contribution is 2.39. The van der Waals surface area contributed by atoms with Crippen LogP contribution in [0, 0.1) is 5.92 Å². The normalized spacial score (nSPS) is 18.2. The van der Waals surface area contributed by atoms with Crippen molar-refractivity contribution < 1.29 is 47.9 Å². The smallest absolute Gasteiger partial charge is 0.259 e. The third-order valence-electron chi connectivity index (χ3n) is 16.1. The molecule has 0 aromatic heterocycles. The summed E-state index contributed by atoms with van der Waals surface area (Å²) in [5, 5.41) is 1.86. The molecule has 1 saturated heterocycles. The molecule has 3 atom stereocenters. The number of carbonyl (C=O) groups excluding carboxylic acids is 10. The number of imide groups is 3. The molecule has 0 spiro atoms. The number of nitrogens with zero attached hydrogens (tertiary/aromatic N) is 5. The Morgan fingerprint density at radius 1 is 0.430 bits per heavy atom. The molecule has 4 aromatic carbocycles. The number of hydrogen-bond donors (Lipinski definition) is 0. The molecular weight excluding hydrogens is 999 g/mol. The van der Waals surface area contributed by atoms with E-state index in [0.717, 1.165) is 87.2 Å². The molecule has 79 heavy (non-hydrogen) atoms. The Kier molecular flexibility index (Phi) is 17.1. The van der Waals surface area contributed by atoms with Crippen LogP contribution in [0.15, 0.2) is 72.8 Å². The molecule has 0 N–H and O–H groups in total. The van der Waals surface area contributed by atoms with Gasteiger partial charge in [-0.05, 0) is 143 Å². The molecule has 1 saturated carbocycles. The van der Waals surface area contributed by atoms with Crippen LogP contribution in [0.25, 0.3) is 0 Å². The molecule has 0 radical (unpaired) electrons. The predicted octanol–water partition coefficient (Wildman–Crippen LogP) is 8.24. The third-order valence-corrected chi connectivity index (χ3v) is 16.1. The van der Waals surface area contributed by atoms with Crippen molar-refractivity contribution in [3.05, 3.63) is 145 Å². The van der Waals surface area contributed by atoms with Crippen LogP contribution in [0.4, 0.5) is 17.1 Å². The average molecular weight is 1070 g/mol. The number of ketones is 2. The summed E-state index contributed by atoms with van der Waals surface area (Å²) >= 11 is 0. The quantitative estimate of drug-likeness (QED) is 0.0503. The van der Waals surface area contributed by atoms with Crippen molar-refractivity contribution in [2.24, 2.45) is 5.92 Å². The lowest BCUT2D eigenvalue weighted by atomic mass is 9.85. The summed E-state index contributed by atoms with van der Waals surface area (Å²) in [6.07, 6.45) is 9.94. The van der Waals surface area contributed by atoms with Gasteiger partial charge in [0.05, 0.1) is 29.4 Å². The molecule has 2 fully saturated rings. The van der Waals surface area contributed by atoms with E-state index < -0.39 is 53.8 Å². The van der Waals surface area contributed by atoms with Gasteiger partial charge in [-0.2, -0.15) is 0 Å². The number of rotatable bonds is 19. The van der Waals surface area contributed by atoms with Gasteiger partial charge >= 0.3 is 0 Å². The van der Waals surface area contributed by atoms with Crippen LogP contribution >= 0.6 is 0 Å². The van der Waals surface area contributed by atoms with Crippen molar-refractivity contribution in [3.8, 4) is 0 Å². The van der Waals surface area contributed by atoms with Gasteiger partial charge in [0.1, 0.15) is 17.9 Å². The second-order valence-electron chi connectivity index (χ2n) is 20.9. The van der Waals surface area contributed by atoms with E-state index in [4.69, 9.17) is 0 Å². The molecule has 15 nitrogen and oxygen atoms in total. The molecule has 412 valence electrons. The van der Waals surface area contributed by atoms with Gasteiger partial charge in [0.2, 0.25) is 17.7 Å². The summed E-state index contributed by atoms with van der Waals surface area (Å²) < 4.78 is 0. The highest BCUT2D eigenvalue weighted by molar-refractivity contribution is 6.29. The van der Waals surface area contributed by atoms with Gasteiger partial charge in [0.25, 0.3) is 29.5 Å². The van der Waals surface area contributed by atoms with Crippen LogP contribution in [-0.2, 0) is 119 Å². The summed E-state index contributed by atoms with van der Waals surface area (Å²) in [5.74, 6) is -6.32. The summed E-state index contributed by atoms with van der Waals surface area (Å²) in [7, 11) is 0. The van der Waals surface area contributed by atoms with Gasteiger partial charge in [-0.15, -0.1) is 0 Å². The lowest BCUT2D eigenvalue weighted by Gasteiger charge is -2.39. The molecule has 3 aliphatic heterocycles. The van der Waals surface area contributed by atoms with Crippen molar-refractivity contribution in [3.63, 3.8) is 0 Å². The van der Waals surface area contributed by atoms with Gasteiger partial charge in [0.15, 0.2) is 5.78 Å². The predicted molar refractivity (Wildman–Crippen MR) is 301 cm³/mol. The minimum absolute atomic E-state index is 0.0839. The minimum atomic E-state index is -1.47. The second kappa shape index (κ2) is 23.6. The number of amides is 8. The number of hydrogen-bond acceptors (Lipinski definition) is 10. The summed E-state index contributed by atoms with van der Waals surface area (Å²) in [5.41, 5.74) is 13.4. The van der Waals surface area contributed by atoms with E-state index in [1.54, 1.807) is 0 Å². The lowest BCUT2D eigenvalue weighted by Crippen LogP contribution is -2.60. The summed E-state index contributed by atoms with van der Waals surface area (Å²) in [6, 6.07) is 13.4. The first-order valence-corrected chi connectivity index (χ1v) is 28.0. The Balaban J connectivity index is 1.04. The number of anilines is 3. The minimum Gasteiger partial charge on any atom is -0.299 e. The zero-order valence-electron chi connectivity index (χ0n) is 47.2. The van der Waals surface area contributed by atoms with E-state index >= 15 is 0 Å². The van der Waals surface area contributed by atoms with Gasteiger partial charge < -0.3 is 0 Å². The maximum atomic E-state index is 14.9. The van der Waals surface area contributed by atoms with E-state index in [2.05, 4.69) is 12.1 Å². The fourth-order valence-electron chi connectivity index (χ4n) is 12.4. The highest BCUT2D eigenvalue weighted by Gasteiger charge is 2.53. The van der Waals surface area contributed by atoms with Crippen LogP contribution in [0.3, 0.4) is 0 Å². The molecular formula is C64H71N5O10. The topological polar surface area (TPSA) is 187 Å². The van der Waals surface area contributed by atoms with Crippen molar-refractivity contribution in [2.75, 3.05) is 14.7 Å². The van der Waals surface area contributed by atoms with Gasteiger partial charge in [-0.3, -0.25) is 47.9 Å². The fourth-order valence-corrected chi connectivity index (χ4v) is 12.4. The molecule has 15 heteroatoms. The number of hydrazine groups is 1. The molecule has 0 bridgehead atoms.